The molecule has 1 aliphatic rings. The van der Waals surface area contributed by atoms with Gasteiger partial charge in [0.15, 0.2) is 0 Å². The van der Waals surface area contributed by atoms with Crippen LogP contribution in [0.1, 0.15) is 60.6 Å². The molecule has 1 atom stereocenters. The van der Waals surface area contributed by atoms with Gasteiger partial charge in [0.05, 0.1) is 0 Å². The Hall–Kier alpha value is -2.62. The van der Waals surface area contributed by atoms with Crippen LogP contribution in [0.25, 0.3) is 0 Å². The third kappa shape index (κ3) is 6.69. The zero-order valence-electron chi connectivity index (χ0n) is 19.8. The van der Waals surface area contributed by atoms with E-state index in [-0.39, 0.29) is 12.5 Å². The molecule has 3 nitrogen and oxygen atoms in total. The molecule has 0 bridgehead atoms. The van der Waals surface area contributed by atoms with Gasteiger partial charge in [0.1, 0.15) is 12.4 Å². The van der Waals surface area contributed by atoms with Gasteiger partial charge < -0.3 is 14.7 Å². The Balaban J connectivity index is 1.22. The van der Waals surface area contributed by atoms with E-state index in [0.29, 0.717) is 18.6 Å². The Morgan fingerprint density at radius 1 is 0.848 bits per heavy atom. The number of aliphatic hydroxyl groups excluding tert-OH is 1. The largest absolute Gasteiger partial charge is 0.489 e. The van der Waals surface area contributed by atoms with Crippen molar-refractivity contribution in [2.45, 2.75) is 56.6 Å². The van der Waals surface area contributed by atoms with Crippen LogP contribution in [0.4, 0.5) is 0 Å². The van der Waals surface area contributed by atoms with Crippen molar-refractivity contribution in [1.29, 1.82) is 0 Å². The summed E-state index contributed by atoms with van der Waals surface area (Å²) in [5.41, 5.74) is 3.87. The maximum atomic E-state index is 9.85. The number of rotatable bonds is 10. The van der Waals surface area contributed by atoms with Gasteiger partial charge in [-0.25, -0.2) is 0 Å². The molecule has 0 spiro atoms. The molecule has 3 aromatic rings. The van der Waals surface area contributed by atoms with E-state index in [0.717, 1.165) is 18.7 Å². The van der Waals surface area contributed by atoms with Crippen molar-refractivity contribution >= 4 is 0 Å². The van der Waals surface area contributed by atoms with Gasteiger partial charge in [-0.1, -0.05) is 72.8 Å². The van der Waals surface area contributed by atoms with Crippen LogP contribution in [0.15, 0.2) is 84.9 Å². The zero-order chi connectivity index (χ0) is 22.9. The Morgan fingerprint density at radius 2 is 1.48 bits per heavy atom. The van der Waals surface area contributed by atoms with Gasteiger partial charge in [-0.2, -0.15) is 0 Å². The molecule has 0 aromatic heterocycles. The van der Waals surface area contributed by atoms with Crippen molar-refractivity contribution in [2.24, 2.45) is 0 Å². The summed E-state index contributed by atoms with van der Waals surface area (Å²) in [5, 5.41) is 9.85. The molecule has 4 rings (SSSR count). The molecule has 0 aliphatic heterocycles. The number of nitrogens with zero attached hydrogens (tertiary/aromatic N) is 1. The van der Waals surface area contributed by atoms with Gasteiger partial charge in [-0.3, -0.25) is 0 Å². The average molecular weight is 444 g/mol. The summed E-state index contributed by atoms with van der Waals surface area (Å²) in [6.07, 6.45) is 5.95. The molecule has 0 radical (unpaired) electrons. The molecule has 33 heavy (non-hydrogen) atoms. The van der Waals surface area contributed by atoms with Crippen LogP contribution in [-0.4, -0.2) is 36.2 Å². The predicted molar refractivity (Wildman–Crippen MR) is 136 cm³/mol. The fourth-order valence-corrected chi connectivity index (χ4v) is 5.06. The molecule has 174 valence electrons. The molecule has 1 N–H and O–H groups in total. The smallest absolute Gasteiger partial charge is 0.119 e. The molecular weight excluding hydrogens is 406 g/mol. The highest BCUT2D eigenvalue weighted by Gasteiger charge is 2.25. The second-order valence-electron chi connectivity index (χ2n) is 9.41. The fourth-order valence-electron chi connectivity index (χ4n) is 5.06. The van der Waals surface area contributed by atoms with E-state index in [1.54, 1.807) is 0 Å². The van der Waals surface area contributed by atoms with E-state index >= 15 is 0 Å². The number of ether oxygens (including phenoxy) is 1. The van der Waals surface area contributed by atoms with Gasteiger partial charge >= 0.3 is 0 Å². The molecule has 1 aliphatic carbocycles. The number of hydrogen-bond acceptors (Lipinski definition) is 3. The van der Waals surface area contributed by atoms with E-state index in [9.17, 15) is 5.11 Å². The highest BCUT2D eigenvalue weighted by molar-refractivity contribution is 5.30. The van der Waals surface area contributed by atoms with Crippen LogP contribution in [0.5, 0.6) is 5.75 Å². The highest BCUT2D eigenvalue weighted by atomic mass is 16.5. The quantitative estimate of drug-likeness (QED) is 0.394. The first-order valence-electron chi connectivity index (χ1n) is 12.4. The molecular formula is C30H37NO2. The third-order valence-corrected chi connectivity index (χ3v) is 7.24. The lowest BCUT2D eigenvalue weighted by atomic mass is 9.81. The summed E-state index contributed by atoms with van der Waals surface area (Å²) >= 11 is 0. The molecule has 3 aromatic carbocycles. The van der Waals surface area contributed by atoms with Crippen LogP contribution < -0.4 is 4.74 Å². The molecule has 1 unspecified atom stereocenters. The summed E-state index contributed by atoms with van der Waals surface area (Å²) in [4.78, 5) is 2.52. The first-order valence-corrected chi connectivity index (χ1v) is 12.4. The summed E-state index contributed by atoms with van der Waals surface area (Å²) in [7, 11) is 2.25. The Labute approximate surface area is 199 Å². The van der Waals surface area contributed by atoms with Crippen LogP contribution in [0.2, 0.25) is 0 Å². The number of hydrogen-bond donors (Lipinski definition) is 1. The third-order valence-electron chi connectivity index (χ3n) is 7.24. The number of benzene rings is 3. The molecule has 0 heterocycles. The van der Waals surface area contributed by atoms with E-state index in [2.05, 4.69) is 72.6 Å². The standard InChI is InChI=1S/C30H37NO2/c1-31(21-20-28(22-32)25-10-6-3-7-11-25)29-16-12-26(13-17-29)27-14-18-30(19-15-27)33-23-24-8-4-2-5-9-24/h2-11,14-15,18-19,26,28-29,32H,12-13,16-17,20-23H2,1H3/t26-,28?,29-. The predicted octanol–water partition coefficient (Wildman–Crippen LogP) is 6.39. The summed E-state index contributed by atoms with van der Waals surface area (Å²) in [5.74, 6) is 1.81. The van der Waals surface area contributed by atoms with Crippen molar-refractivity contribution < 1.29 is 9.84 Å². The van der Waals surface area contributed by atoms with Gasteiger partial charge in [0.25, 0.3) is 0 Å². The first kappa shape index (κ1) is 23.5. The summed E-state index contributed by atoms with van der Waals surface area (Å²) in [6, 6.07) is 30.1. The van der Waals surface area contributed by atoms with Gasteiger partial charge in [-0.15, -0.1) is 0 Å². The van der Waals surface area contributed by atoms with E-state index in [1.807, 2.05) is 24.3 Å². The highest BCUT2D eigenvalue weighted by Crippen LogP contribution is 2.35. The Morgan fingerprint density at radius 3 is 2.12 bits per heavy atom. The SMILES string of the molecule is CN(CCC(CO)c1ccccc1)[C@H]1CC[C@H](c2ccc(OCc3ccccc3)cc2)CC1. The maximum Gasteiger partial charge on any atom is 0.119 e. The van der Waals surface area contributed by atoms with Gasteiger partial charge in [-0.05, 0) is 80.4 Å². The number of aliphatic hydroxyl groups is 1. The monoisotopic (exact) mass is 443 g/mol. The van der Waals surface area contributed by atoms with Crippen molar-refractivity contribution in [3.8, 4) is 5.75 Å². The topological polar surface area (TPSA) is 32.7 Å². The van der Waals surface area contributed by atoms with Gasteiger partial charge in [0.2, 0.25) is 0 Å². The lowest BCUT2D eigenvalue weighted by molar-refractivity contribution is 0.168. The molecule has 1 fully saturated rings. The molecule has 1 saturated carbocycles. The summed E-state index contributed by atoms with van der Waals surface area (Å²) < 4.78 is 5.95. The van der Waals surface area contributed by atoms with Crippen molar-refractivity contribution in [2.75, 3.05) is 20.2 Å². The molecule has 0 amide bonds. The lowest BCUT2D eigenvalue weighted by Gasteiger charge is -2.35. The van der Waals surface area contributed by atoms with E-state index in [4.69, 9.17) is 4.74 Å². The van der Waals surface area contributed by atoms with Crippen LogP contribution in [-0.2, 0) is 6.61 Å². The van der Waals surface area contributed by atoms with Crippen molar-refractivity contribution in [3.05, 3.63) is 102 Å². The minimum atomic E-state index is 0.218. The van der Waals surface area contributed by atoms with E-state index < -0.39 is 0 Å². The van der Waals surface area contributed by atoms with Gasteiger partial charge in [0, 0.05) is 18.6 Å². The van der Waals surface area contributed by atoms with Crippen LogP contribution in [0, 0.1) is 0 Å². The van der Waals surface area contributed by atoms with E-state index in [1.165, 1.54) is 42.4 Å². The Bertz CT molecular complexity index is 934. The fraction of sp³-hybridized carbons (Fsp3) is 0.400. The maximum absolute atomic E-state index is 9.85. The van der Waals surface area contributed by atoms with Crippen molar-refractivity contribution in [1.82, 2.24) is 4.90 Å². The van der Waals surface area contributed by atoms with Crippen molar-refractivity contribution in [3.63, 3.8) is 0 Å². The molecule has 3 heteroatoms. The first-order chi connectivity index (χ1) is 16.2. The normalized spacial score (nSPS) is 19.4. The molecule has 0 saturated heterocycles. The average Bonchev–Trinajstić information content (AvgIpc) is 2.89. The second kappa shape index (κ2) is 12.0. The summed E-state index contributed by atoms with van der Waals surface area (Å²) in [6.45, 7) is 1.86. The lowest BCUT2D eigenvalue weighted by Crippen LogP contribution is -2.36. The Kier molecular flexibility index (Phi) is 8.57. The van der Waals surface area contributed by atoms with Crippen LogP contribution in [0.3, 0.4) is 0 Å². The van der Waals surface area contributed by atoms with Crippen LogP contribution >= 0.6 is 0 Å². The minimum absolute atomic E-state index is 0.218. The minimum Gasteiger partial charge on any atom is -0.489 e. The zero-order valence-corrected chi connectivity index (χ0v) is 19.8. The second-order valence-corrected chi connectivity index (χ2v) is 9.41.